The molecule has 328 valence electrons. The number of carbonyl (C=O) groups excluding carboxylic acids is 3. The van der Waals surface area contributed by atoms with Gasteiger partial charge in [0.15, 0.2) is 41.9 Å². The molecule has 5 aromatic heterocycles. The van der Waals surface area contributed by atoms with E-state index < -0.39 is 93.7 Å². The first kappa shape index (κ1) is 42.5. The molecule has 10 atom stereocenters. The highest BCUT2D eigenvalue weighted by atomic mass is 32.7. The maximum atomic E-state index is 16.5. The Labute approximate surface area is 355 Å². The number of esters is 1. The first-order valence-corrected chi connectivity index (χ1v) is 23.5. The number of aromatic nitrogens is 11. The number of alkyl halides is 2. The highest BCUT2D eigenvalue weighted by molar-refractivity contribution is 8.44. The summed E-state index contributed by atoms with van der Waals surface area (Å²) in [5.41, 5.74) is 6.76. The van der Waals surface area contributed by atoms with Crippen molar-refractivity contribution in [1.29, 1.82) is 0 Å². The molecule has 2 unspecified atom stereocenters. The summed E-state index contributed by atoms with van der Waals surface area (Å²) in [6, 6.07) is 0. The van der Waals surface area contributed by atoms with E-state index in [1.54, 1.807) is 0 Å². The summed E-state index contributed by atoms with van der Waals surface area (Å²) in [4.78, 5) is 73.3. The van der Waals surface area contributed by atoms with Gasteiger partial charge in [0.2, 0.25) is 0 Å². The molecular weight excluding hydrogens is 910 g/mol. The van der Waals surface area contributed by atoms with Crippen molar-refractivity contribution in [3.8, 4) is 0 Å². The van der Waals surface area contributed by atoms with Crippen molar-refractivity contribution in [3.05, 3.63) is 55.0 Å². The first-order valence-electron chi connectivity index (χ1n) is 18.2. The third kappa shape index (κ3) is 8.37. The number of nitrogens with two attached hydrogens (primary N) is 1. The van der Waals surface area contributed by atoms with Crippen LogP contribution in [0.5, 0.6) is 0 Å². The van der Waals surface area contributed by atoms with Crippen molar-refractivity contribution in [1.82, 2.24) is 58.9 Å². The summed E-state index contributed by atoms with van der Waals surface area (Å²) in [6.45, 7) is -10.4. The molecule has 9 rings (SSSR count). The molecule has 25 nitrogen and oxygen atoms in total. The number of nitrogens with zero attached hydrogens (tertiary/aromatic N) is 12. The lowest BCUT2D eigenvalue weighted by molar-refractivity contribution is -0.143. The summed E-state index contributed by atoms with van der Waals surface area (Å²) in [5, 5.41) is 7.85. The van der Waals surface area contributed by atoms with Crippen LogP contribution in [0.1, 0.15) is 23.8 Å². The third-order valence-electron chi connectivity index (χ3n) is 9.92. The van der Waals surface area contributed by atoms with Gasteiger partial charge in [-0.15, -0.1) is 5.10 Å². The second-order valence-electron chi connectivity index (χ2n) is 13.9. The largest absolute Gasteiger partial charge is 0.463 e. The minimum Gasteiger partial charge on any atom is -0.463 e. The van der Waals surface area contributed by atoms with Crippen LogP contribution in [0.4, 0.5) is 14.6 Å². The van der Waals surface area contributed by atoms with Gasteiger partial charge in [0.25, 0.3) is 11.8 Å². The minimum atomic E-state index is -4.49. The van der Waals surface area contributed by atoms with E-state index in [-0.39, 0.29) is 60.0 Å². The van der Waals surface area contributed by atoms with Crippen molar-refractivity contribution in [2.75, 3.05) is 25.6 Å². The quantitative estimate of drug-likeness (QED) is 0.0788. The molecule has 2 amide bonds. The molecule has 0 bridgehead atoms. The van der Waals surface area contributed by atoms with Crippen molar-refractivity contribution >= 4 is 83.5 Å². The van der Waals surface area contributed by atoms with E-state index in [9.17, 15) is 23.8 Å². The SMILES string of the molecule is Nc1ncnc2c1ncn2[C@@H]1O[C@@H]2COP(O)(=S)O[C@H]3[C@@H](F)[C@H](n4cnc5c(CC(=O)OCCn6cc(CN7C(=O)C=CC7=O)nn6)ncnc54)O[C@@H]3COP(=O)(S)O[C@H]2[C@H]1F. The van der Waals surface area contributed by atoms with Gasteiger partial charge in [0.1, 0.15) is 60.4 Å². The number of amides is 2. The summed E-state index contributed by atoms with van der Waals surface area (Å²) < 4.78 is 89.4. The van der Waals surface area contributed by atoms with E-state index in [2.05, 4.69) is 52.5 Å². The normalized spacial score (nSPS) is 31.6. The number of fused-ring (bicyclic) bond motifs is 4. The first-order chi connectivity index (χ1) is 29.6. The number of imidazole rings is 2. The van der Waals surface area contributed by atoms with Gasteiger partial charge in [-0.2, -0.15) is 0 Å². The highest BCUT2D eigenvalue weighted by Gasteiger charge is 2.54. The molecule has 0 radical (unpaired) electrons. The zero-order valence-corrected chi connectivity index (χ0v) is 34.8. The van der Waals surface area contributed by atoms with Gasteiger partial charge < -0.3 is 29.4 Å². The minimum absolute atomic E-state index is 0.0283. The Morgan fingerprint density at radius 3 is 2.23 bits per heavy atom. The maximum Gasteiger partial charge on any atom is 0.386 e. The van der Waals surface area contributed by atoms with Crippen molar-refractivity contribution in [2.45, 2.75) is 68.7 Å². The number of carbonyl (C=O) groups is 3. The molecule has 9 heterocycles. The molecule has 0 aliphatic carbocycles. The molecule has 5 aromatic rings. The highest BCUT2D eigenvalue weighted by Crippen LogP contribution is 2.58. The Morgan fingerprint density at radius 2 is 1.53 bits per heavy atom. The van der Waals surface area contributed by atoms with Crippen LogP contribution in [0.25, 0.3) is 22.3 Å². The second kappa shape index (κ2) is 16.7. The van der Waals surface area contributed by atoms with Gasteiger partial charge in [0.05, 0.1) is 57.3 Å². The Bertz CT molecular complexity index is 2690. The van der Waals surface area contributed by atoms with E-state index in [1.807, 2.05) is 0 Å². The number of imide groups is 1. The molecule has 3 saturated heterocycles. The van der Waals surface area contributed by atoms with E-state index in [0.717, 1.165) is 29.7 Å². The van der Waals surface area contributed by atoms with Crippen LogP contribution in [0.2, 0.25) is 0 Å². The zero-order valence-electron chi connectivity index (χ0n) is 31.3. The smallest absolute Gasteiger partial charge is 0.386 e. The Balaban J connectivity index is 0.859. The standard InChI is InChI=1S/C31H31F2N13O12P2S2/c32-21-25-16(8-53-60(51,62)58-26-17(9-54-59(50,61)57-25)56-31(22(26)33)46-13-40-24-27(34)36-11-38-29(24)46)55-30(21)45-12-39-23-15(35-10-37-28(23)45)5-20(49)52-4-3-43-6-14(41-42-43)7-44-18(47)1-2-19(44)48/h1-2,6,10-13,16-17,21-22,25-26,30-31H,3-5,7-9H2,(H,50,61)(H,51,62)(H2,34,36,38)/t16-,17-,21-,22-,25-,26-,30-,31-,59?,60?/m1/s1. The monoisotopic (exact) mass is 941 g/mol. The molecule has 31 heteroatoms. The lowest BCUT2D eigenvalue weighted by Gasteiger charge is -2.29. The van der Waals surface area contributed by atoms with Crippen molar-refractivity contribution < 1.29 is 64.9 Å². The second-order valence-corrected chi connectivity index (χ2v) is 19.5. The molecular formula is C31H31F2N13O12P2S2. The number of halogens is 2. The Morgan fingerprint density at radius 1 is 0.919 bits per heavy atom. The predicted molar refractivity (Wildman–Crippen MR) is 207 cm³/mol. The predicted octanol–water partition coefficient (Wildman–Crippen LogP) is 0.594. The van der Waals surface area contributed by atoms with Gasteiger partial charge in [-0.3, -0.25) is 42.0 Å². The molecule has 3 fully saturated rings. The Hall–Kier alpha value is -4.80. The number of hydrogen-bond donors (Lipinski definition) is 3. The van der Waals surface area contributed by atoms with Crippen LogP contribution >= 0.6 is 25.8 Å². The molecule has 3 N–H and O–H groups in total. The molecule has 4 aliphatic rings. The van der Waals surface area contributed by atoms with Crippen LogP contribution in [0.3, 0.4) is 0 Å². The fourth-order valence-electron chi connectivity index (χ4n) is 7.04. The van der Waals surface area contributed by atoms with Gasteiger partial charge in [0, 0.05) is 12.2 Å². The summed E-state index contributed by atoms with van der Waals surface area (Å²) >= 11 is 9.26. The lowest BCUT2D eigenvalue weighted by Crippen LogP contribution is -2.37. The van der Waals surface area contributed by atoms with Gasteiger partial charge >= 0.3 is 19.5 Å². The van der Waals surface area contributed by atoms with E-state index in [4.69, 9.17) is 49.8 Å². The molecule has 0 aromatic carbocycles. The zero-order chi connectivity index (χ0) is 43.5. The van der Waals surface area contributed by atoms with Gasteiger partial charge in [-0.1, -0.05) is 17.5 Å². The number of ether oxygens (including phenoxy) is 3. The number of rotatable bonds is 9. The number of thiol groups is 1. The Kier molecular flexibility index (Phi) is 11.5. The van der Waals surface area contributed by atoms with E-state index in [0.29, 0.717) is 5.69 Å². The van der Waals surface area contributed by atoms with Crippen molar-refractivity contribution in [3.63, 3.8) is 0 Å². The molecule has 0 spiro atoms. The number of hydrogen-bond acceptors (Lipinski definition) is 21. The molecule has 62 heavy (non-hydrogen) atoms. The van der Waals surface area contributed by atoms with Crippen molar-refractivity contribution in [2.24, 2.45) is 0 Å². The summed E-state index contributed by atoms with van der Waals surface area (Å²) in [5.74, 6) is -1.60. The lowest BCUT2D eigenvalue weighted by atomic mass is 10.1. The van der Waals surface area contributed by atoms with Crippen LogP contribution in [-0.4, -0.2) is 138 Å². The summed E-state index contributed by atoms with van der Waals surface area (Å²) in [6.07, 6.45) is -5.35. The average molecular weight is 942 g/mol. The van der Waals surface area contributed by atoms with Crippen LogP contribution in [0, 0.1) is 0 Å². The number of anilines is 1. The summed E-state index contributed by atoms with van der Waals surface area (Å²) in [7, 11) is 0. The molecule has 0 saturated carbocycles. The maximum absolute atomic E-state index is 16.5. The average Bonchev–Trinajstić information content (AvgIpc) is 4.09. The van der Waals surface area contributed by atoms with Gasteiger partial charge in [-0.05, 0) is 11.8 Å². The molecule has 4 aliphatic heterocycles. The van der Waals surface area contributed by atoms with Crippen LogP contribution in [-0.2, 0) is 82.6 Å². The van der Waals surface area contributed by atoms with Crippen LogP contribution in [0.15, 0.2) is 43.7 Å². The van der Waals surface area contributed by atoms with E-state index >= 15 is 8.78 Å². The fraction of sp³-hybridized carbons (Fsp3) is 0.452. The van der Waals surface area contributed by atoms with E-state index in [1.165, 1.54) is 32.7 Å². The van der Waals surface area contributed by atoms with Crippen LogP contribution < -0.4 is 5.73 Å². The third-order valence-corrected chi connectivity index (χ3v) is 13.1. The fourth-order valence-corrected chi connectivity index (χ4v) is 9.96. The van der Waals surface area contributed by atoms with Gasteiger partial charge in [-0.25, -0.2) is 47.9 Å². The topological polar surface area (TPSA) is 300 Å². The number of nitrogen functional groups attached to an aromatic ring is 1.